The Kier molecular flexibility index (Phi) is 4.48. The summed E-state index contributed by atoms with van der Waals surface area (Å²) in [6, 6.07) is 19.9. The summed E-state index contributed by atoms with van der Waals surface area (Å²) < 4.78 is 1.43. The summed E-state index contributed by atoms with van der Waals surface area (Å²) in [7, 11) is 0. The summed E-state index contributed by atoms with van der Waals surface area (Å²) >= 11 is 0. The predicted octanol–water partition coefficient (Wildman–Crippen LogP) is 2.58. The van der Waals surface area contributed by atoms with Crippen molar-refractivity contribution in [1.29, 1.82) is 0 Å². The fraction of sp³-hybridized carbons (Fsp3) is 0.143. The van der Waals surface area contributed by atoms with E-state index in [4.69, 9.17) is 5.73 Å². The number of aliphatic hydroxyl groups excluding tert-OH is 1. The molecule has 27 heavy (non-hydrogen) atoms. The van der Waals surface area contributed by atoms with Gasteiger partial charge in [-0.05, 0) is 23.6 Å². The zero-order valence-corrected chi connectivity index (χ0v) is 14.7. The number of anilines is 1. The van der Waals surface area contributed by atoms with Gasteiger partial charge in [0.2, 0.25) is 0 Å². The summed E-state index contributed by atoms with van der Waals surface area (Å²) in [6.07, 6.45) is 2.96. The molecule has 0 fully saturated rings. The molecule has 1 aliphatic rings. The van der Waals surface area contributed by atoms with Crippen molar-refractivity contribution >= 4 is 17.4 Å². The van der Waals surface area contributed by atoms with Crippen LogP contribution in [0.2, 0.25) is 0 Å². The SMILES string of the molecule is NC(=O)c1cnn2c1N(CCc1ccccc1)C(c1ccccc1)=CC2O. The number of primary amides is 1. The summed E-state index contributed by atoms with van der Waals surface area (Å²) in [5, 5.41) is 14.7. The van der Waals surface area contributed by atoms with Gasteiger partial charge in [0.1, 0.15) is 11.4 Å². The first-order valence-corrected chi connectivity index (χ1v) is 8.79. The zero-order valence-electron chi connectivity index (χ0n) is 14.7. The predicted molar refractivity (Wildman–Crippen MR) is 104 cm³/mol. The molecule has 1 amide bonds. The van der Waals surface area contributed by atoms with E-state index in [9.17, 15) is 9.90 Å². The van der Waals surface area contributed by atoms with Gasteiger partial charge >= 0.3 is 0 Å². The average molecular weight is 360 g/mol. The van der Waals surface area contributed by atoms with E-state index in [2.05, 4.69) is 17.2 Å². The molecular formula is C21H20N4O2. The maximum atomic E-state index is 11.9. The lowest BCUT2D eigenvalue weighted by atomic mass is 10.1. The van der Waals surface area contributed by atoms with E-state index in [1.165, 1.54) is 16.4 Å². The molecule has 0 saturated heterocycles. The molecule has 1 aliphatic heterocycles. The lowest BCUT2D eigenvalue weighted by Crippen LogP contribution is -2.33. The number of carbonyl (C=O) groups is 1. The van der Waals surface area contributed by atoms with Gasteiger partial charge in [0.25, 0.3) is 5.91 Å². The lowest BCUT2D eigenvalue weighted by molar-refractivity contribution is 0.1000. The molecule has 6 heteroatoms. The van der Waals surface area contributed by atoms with Gasteiger partial charge in [-0.2, -0.15) is 5.10 Å². The number of amides is 1. The normalized spacial score (nSPS) is 16.0. The van der Waals surface area contributed by atoms with Gasteiger partial charge < -0.3 is 15.7 Å². The van der Waals surface area contributed by atoms with E-state index in [1.54, 1.807) is 6.08 Å². The molecule has 3 N–H and O–H groups in total. The molecule has 4 rings (SSSR count). The smallest absolute Gasteiger partial charge is 0.254 e. The molecule has 136 valence electrons. The van der Waals surface area contributed by atoms with Crippen LogP contribution in [-0.2, 0) is 6.42 Å². The molecule has 3 aromatic rings. The topological polar surface area (TPSA) is 84.4 Å². The van der Waals surface area contributed by atoms with Crippen molar-refractivity contribution in [2.45, 2.75) is 12.6 Å². The molecule has 0 spiro atoms. The number of aromatic nitrogens is 2. The maximum absolute atomic E-state index is 11.9. The van der Waals surface area contributed by atoms with Crippen LogP contribution in [0.15, 0.2) is 72.9 Å². The van der Waals surface area contributed by atoms with E-state index in [0.29, 0.717) is 17.9 Å². The van der Waals surface area contributed by atoms with Crippen LogP contribution in [0.5, 0.6) is 0 Å². The van der Waals surface area contributed by atoms with Crippen molar-refractivity contribution < 1.29 is 9.90 Å². The van der Waals surface area contributed by atoms with E-state index in [0.717, 1.165) is 17.7 Å². The second-order valence-corrected chi connectivity index (χ2v) is 6.41. The van der Waals surface area contributed by atoms with Crippen molar-refractivity contribution in [2.24, 2.45) is 5.73 Å². The Labute approximate surface area is 157 Å². The number of aliphatic hydroxyl groups is 1. The van der Waals surface area contributed by atoms with Gasteiger partial charge in [0, 0.05) is 6.54 Å². The Morgan fingerprint density at radius 1 is 1.07 bits per heavy atom. The summed E-state index contributed by atoms with van der Waals surface area (Å²) in [5.74, 6) is -0.0465. The molecule has 0 saturated carbocycles. The van der Waals surface area contributed by atoms with E-state index in [-0.39, 0.29) is 0 Å². The molecule has 1 aromatic heterocycles. The molecule has 6 nitrogen and oxygen atoms in total. The van der Waals surface area contributed by atoms with Crippen LogP contribution in [-0.4, -0.2) is 27.3 Å². The summed E-state index contributed by atoms with van der Waals surface area (Å²) in [6.45, 7) is 0.615. The Morgan fingerprint density at radius 3 is 2.41 bits per heavy atom. The quantitative estimate of drug-likeness (QED) is 0.732. The Morgan fingerprint density at radius 2 is 1.74 bits per heavy atom. The molecule has 2 aromatic carbocycles. The number of fused-ring (bicyclic) bond motifs is 1. The lowest BCUT2D eigenvalue weighted by Gasteiger charge is -2.34. The fourth-order valence-electron chi connectivity index (χ4n) is 3.38. The monoisotopic (exact) mass is 360 g/mol. The highest BCUT2D eigenvalue weighted by Gasteiger charge is 2.30. The number of rotatable bonds is 5. The molecule has 1 unspecified atom stereocenters. The highest BCUT2D eigenvalue weighted by molar-refractivity contribution is 6.00. The minimum absolute atomic E-state index is 0.295. The second kappa shape index (κ2) is 7.09. The first-order chi connectivity index (χ1) is 13.1. The molecule has 0 radical (unpaired) electrons. The van der Waals surface area contributed by atoms with Crippen molar-refractivity contribution in [3.05, 3.63) is 89.6 Å². The minimum atomic E-state index is -0.962. The average Bonchev–Trinajstić information content (AvgIpc) is 3.15. The van der Waals surface area contributed by atoms with Crippen molar-refractivity contribution in [1.82, 2.24) is 9.78 Å². The van der Waals surface area contributed by atoms with Crippen LogP contribution < -0.4 is 10.6 Å². The molecular weight excluding hydrogens is 340 g/mol. The van der Waals surface area contributed by atoms with E-state index >= 15 is 0 Å². The first kappa shape index (κ1) is 17.1. The largest absolute Gasteiger partial charge is 0.368 e. The number of hydrogen-bond acceptors (Lipinski definition) is 4. The van der Waals surface area contributed by atoms with Gasteiger partial charge in [-0.15, -0.1) is 0 Å². The Hall–Kier alpha value is -3.38. The third kappa shape index (κ3) is 3.22. The van der Waals surface area contributed by atoms with Crippen LogP contribution in [0.3, 0.4) is 0 Å². The summed E-state index contributed by atoms with van der Waals surface area (Å²) in [4.78, 5) is 13.9. The standard InChI is InChI=1S/C21H20N4O2/c22-20(27)17-14-23-25-19(26)13-18(16-9-5-2-6-10-16)24(21(17)25)12-11-15-7-3-1-4-8-15/h1-10,13-14,19,26H,11-12H2,(H2,22,27). The van der Waals surface area contributed by atoms with Crippen LogP contribution in [0, 0.1) is 0 Å². The van der Waals surface area contributed by atoms with E-state index in [1.807, 2.05) is 53.4 Å². The maximum Gasteiger partial charge on any atom is 0.254 e. The Bertz CT molecular complexity index is 980. The third-order valence-corrected chi connectivity index (χ3v) is 4.68. The molecule has 1 atom stereocenters. The fourth-order valence-corrected chi connectivity index (χ4v) is 3.38. The zero-order chi connectivity index (χ0) is 18.8. The van der Waals surface area contributed by atoms with E-state index < -0.39 is 12.1 Å². The number of carbonyl (C=O) groups excluding carboxylic acids is 1. The Balaban J connectivity index is 1.77. The molecule has 0 aliphatic carbocycles. The first-order valence-electron chi connectivity index (χ1n) is 8.79. The van der Waals surface area contributed by atoms with Gasteiger partial charge in [0.15, 0.2) is 6.23 Å². The van der Waals surface area contributed by atoms with Gasteiger partial charge in [-0.3, -0.25) is 4.79 Å². The van der Waals surface area contributed by atoms with Crippen molar-refractivity contribution in [3.63, 3.8) is 0 Å². The number of hydrogen-bond donors (Lipinski definition) is 2. The molecule has 2 heterocycles. The van der Waals surface area contributed by atoms with Gasteiger partial charge in [0.05, 0.1) is 11.9 Å². The second-order valence-electron chi connectivity index (χ2n) is 6.41. The van der Waals surface area contributed by atoms with Crippen LogP contribution >= 0.6 is 0 Å². The van der Waals surface area contributed by atoms with Crippen molar-refractivity contribution in [2.75, 3.05) is 11.4 Å². The number of nitrogens with zero attached hydrogens (tertiary/aromatic N) is 3. The van der Waals surface area contributed by atoms with Crippen LogP contribution in [0.25, 0.3) is 5.70 Å². The van der Waals surface area contributed by atoms with Crippen LogP contribution in [0.1, 0.15) is 27.7 Å². The number of nitrogens with two attached hydrogens (primary N) is 1. The molecule has 0 bridgehead atoms. The highest BCUT2D eigenvalue weighted by Crippen LogP contribution is 2.36. The highest BCUT2D eigenvalue weighted by atomic mass is 16.3. The van der Waals surface area contributed by atoms with Crippen LogP contribution in [0.4, 0.5) is 5.82 Å². The minimum Gasteiger partial charge on any atom is -0.368 e. The van der Waals surface area contributed by atoms with Gasteiger partial charge in [-0.1, -0.05) is 60.7 Å². The third-order valence-electron chi connectivity index (χ3n) is 4.68. The number of benzene rings is 2. The van der Waals surface area contributed by atoms with Gasteiger partial charge in [-0.25, -0.2) is 4.68 Å². The summed E-state index contributed by atoms with van der Waals surface area (Å²) in [5.41, 5.74) is 8.82. The van der Waals surface area contributed by atoms with Crippen molar-refractivity contribution in [3.8, 4) is 0 Å².